The minimum atomic E-state index is 0.0532. The maximum absolute atomic E-state index is 6.53. The van der Waals surface area contributed by atoms with E-state index in [1.165, 1.54) is 0 Å². The summed E-state index contributed by atoms with van der Waals surface area (Å²) >= 11 is 0. The Morgan fingerprint density at radius 3 is 2.33 bits per heavy atom. The zero-order valence-electron chi connectivity index (χ0n) is 3.36. The summed E-state index contributed by atoms with van der Waals surface area (Å²) < 4.78 is 0. The van der Waals surface area contributed by atoms with Crippen LogP contribution in [0.5, 0.6) is 0 Å². The van der Waals surface area contributed by atoms with Crippen molar-refractivity contribution < 1.29 is 0 Å². The van der Waals surface area contributed by atoms with Crippen LogP contribution in [0.4, 0.5) is 0 Å². The van der Waals surface area contributed by atoms with Crippen LogP contribution in [-0.2, 0) is 0 Å². The summed E-state index contributed by atoms with van der Waals surface area (Å²) in [5, 5.41) is 6.53. The summed E-state index contributed by atoms with van der Waals surface area (Å²) in [4.78, 5) is 0. The Labute approximate surface area is 36.0 Å². The van der Waals surface area contributed by atoms with E-state index < -0.39 is 0 Å². The lowest BCUT2D eigenvalue weighted by Gasteiger charge is -1.89. The van der Waals surface area contributed by atoms with Crippen molar-refractivity contribution in [3.63, 3.8) is 0 Å². The van der Waals surface area contributed by atoms with Crippen molar-refractivity contribution in [2.45, 2.75) is 0 Å². The molecule has 0 aliphatic carbocycles. The topological polar surface area (TPSA) is 87.9 Å². The molecule has 0 unspecified atom stereocenters. The molecule has 0 amide bonds. The Bertz CT molecular complexity index is 49.5. The van der Waals surface area contributed by atoms with Gasteiger partial charge in [0.05, 0.1) is 6.54 Å². The molecule has 0 radical (unpaired) electrons. The van der Waals surface area contributed by atoms with Gasteiger partial charge in [0.2, 0.25) is 0 Å². The SMILES string of the molecule is N=C(N)CNN. The van der Waals surface area contributed by atoms with Crippen molar-refractivity contribution in [1.82, 2.24) is 5.43 Å². The first-order chi connectivity index (χ1) is 2.77. The molecule has 0 aliphatic rings. The molecular weight excluding hydrogens is 80.1 g/mol. The van der Waals surface area contributed by atoms with Crippen LogP contribution in [0.1, 0.15) is 0 Å². The van der Waals surface area contributed by atoms with E-state index in [2.05, 4.69) is 5.43 Å². The first-order valence-corrected chi connectivity index (χ1v) is 1.53. The number of rotatable bonds is 2. The maximum atomic E-state index is 6.53. The number of hydrogen-bond donors (Lipinski definition) is 4. The van der Waals surface area contributed by atoms with Crippen LogP contribution in [0.15, 0.2) is 0 Å². The van der Waals surface area contributed by atoms with Gasteiger partial charge < -0.3 is 5.73 Å². The van der Waals surface area contributed by atoms with Gasteiger partial charge in [0.15, 0.2) is 0 Å². The fourth-order valence-electron chi connectivity index (χ4n) is 0.110. The van der Waals surface area contributed by atoms with Gasteiger partial charge in [0, 0.05) is 0 Å². The molecule has 0 rings (SSSR count). The van der Waals surface area contributed by atoms with E-state index in [4.69, 9.17) is 17.0 Å². The average molecular weight is 88.1 g/mol. The third kappa shape index (κ3) is 3.39. The highest BCUT2D eigenvalue weighted by atomic mass is 15.2. The van der Waals surface area contributed by atoms with Gasteiger partial charge in [-0.15, -0.1) is 0 Å². The summed E-state index contributed by atoms with van der Waals surface area (Å²) in [5.41, 5.74) is 7.06. The lowest BCUT2D eigenvalue weighted by Crippen LogP contribution is -2.32. The second-order valence-electron chi connectivity index (χ2n) is 0.906. The number of nitrogens with two attached hydrogens (primary N) is 2. The molecule has 4 nitrogen and oxygen atoms in total. The molecule has 6 N–H and O–H groups in total. The van der Waals surface area contributed by atoms with Gasteiger partial charge in [-0.1, -0.05) is 0 Å². The summed E-state index contributed by atoms with van der Waals surface area (Å²) in [5.74, 6) is 4.81. The Morgan fingerprint density at radius 1 is 1.83 bits per heavy atom. The van der Waals surface area contributed by atoms with Crippen molar-refractivity contribution in [2.24, 2.45) is 11.6 Å². The largest absolute Gasteiger partial charge is 0.387 e. The average Bonchev–Trinajstić information content (AvgIpc) is 1.35. The van der Waals surface area contributed by atoms with E-state index in [1.54, 1.807) is 0 Å². The van der Waals surface area contributed by atoms with Gasteiger partial charge in [-0.2, -0.15) is 0 Å². The molecule has 36 valence electrons. The van der Waals surface area contributed by atoms with Crippen molar-refractivity contribution in [3.8, 4) is 0 Å². The van der Waals surface area contributed by atoms with Crippen LogP contribution in [0.2, 0.25) is 0 Å². The van der Waals surface area contributed by atoms with Gasteiger partial charge in [0.1, 0.15) is 5.84 Å². The van der Waals surface area contributed by atoms with E-state index in [-0.39, 0.29) is 12.4 Å². The summed E-state index contributed by atoms with van der Waals surface area (Å²) in [6.45, 7) is 0.264. The molecule has 0 aromatic heterocycles. The van der Waals surface area contributed by atoms with E-state index in [1.807, 2.05) is 0 Å². The zero-order chi connectivity index (χ0) is 4.99. The Morgan fingerprint density at radius 2 is 2.33 bits per heavy atom. The van der Waals surface area contributed by atoms with Crippen LogP contribution >= 0.6 is 0 Å². The Hall–Kier alpha value is -0.610. The molecule has 0 aromatic rings. The smallest absolute Gasteiger partial charge is 0.106 e. The fraction of sp³-hybridized carbons (Fsp3) is 0.500. The van der Waals surface area contributed by atoms with Gasteiger partial charge in [-0.05, 0) is 0 Å². The van der Waals surface area contributed by atoms with Crippen LogP contribution in [-0.4, -0.2) is 12.4 Å². The minimum Gasteiger partial charge on any atom is -0.387 e. The van der Waals surface area contributed by atoms with Gasteiger partial charge >= 0.3 is 0 Å². The molecule has 0 heterocycles. The predicted molar refractivity (Wildman–Crippen MR) is 24.1 cm³/mol. The molecule has 0 bridgehead atoms. The highest BCUT2D eigenvalue weighted by Crippen LogP contribution is 1.44. The second kappa shape index (κ2) is 2.62. The number of nitrogens with one attached hydrogen (secondary N) is 2. The summed E-state index contributed by atoms with van der Waals surface area (Å²) in [7, 11) is 0. The third-order valence-corrected chi connectivity index (χ3v) is 0.293. The summed E-state index contributed by atoms with van der Waals surface area (Å²) in [6, 6.07) is 0. The van der Waals surface area contributed by atoms with E-state index >= 15 is 0 Å². The molecule has 0 spiro atoms. The van der Waals surface area contributed by atoms with E-state index in [0.717, 1.165) is 0 Å². The van der Waals surface area contributed by atoms with Crippen LogP contribution in [0.25, 0.3) is 0 Å². The minimum absolute atomic E-state index is 0.0532. The van der Waals surface area contributed by atoms with Crippen molar-refractivity contribution >= 4 is 5.84 Å². The molecule has 4 heteroatoms. The second-order valence-corrected chi connectivity index (χ2v) is 0.906. The Kier molecular flexibility index (Phi) is 2.35. The highest BCUT2D eigenvalue weighted by molar-refractivity contribution is 5.78. The predicted octanol–water partition coefficient (Wildman–Crippen LogP) is -1.61. The van der Waals surface area contributed by atoms with Gasteiger partial charge in [-0.3, -0.25) is 16.7 Å². The first kappa shape index (κ1) is 5.39. The van der Waals surface area contributed by atoms with Crippen LogP contribution < -0.4 is 17.0 Å². The quantitative estimate of drug-likeness (QED) is 0.142. The lowest BCUT2D eigenvalue weighted by atomic mass is 10.6. The van der Waals surface area contributed by atoms with E-state index in [9.17, 15) is 0 Å². The maximum Gasteiger partial charge on any atom is 0.106 e. The van der Waals surface area contributed by atoms with E-state index in [0.29, 0.717) is 0 Å². The lowest BCUT2D eigenvalue weighted by molar-refractivity contribution is 0.837. The molecule has 0 saturated heterocycles. The standard InChI is InChI=1S/C2H8N4/c3-2(4)1-6-5/h6H,1,5H2,(H3,3,4). The van der Waals surface area contributed by atoms with Crippen molar-refractivity contribution in [3.05, 3.63) is 0 Å². The van der Waals surface area contributed by atoms with Gasteiger partial charge in [0.25, 0.3) is 0 Å². The molecular formula is C2H8N4. The Balaban J connectivity index is 2.83. The normalized spacial score (nSPS) is 8.17. The van der Waals surface area contributed by atoms with Crippen molar-refractivity contribution in [1.29, 1.82) is 5.41 Å². The fourth-order valence-corrected chi connectivity index (χ4v) is 0.110. The zero-order valence-corrected chi connectivity index (χ0v) is 3.36. The molecule has 6 heavy (non-hydrogen) atoms. The first-order valence-electron chi connectivity index (χ1n) is 1.53. The number of amidine groups is 1. The highest BCUT2D eigenvalue weighted by Gasteiger charge is 1.77. The van der Waals surface area contributed by atoms with Crippen LogP contribution in [0, 0.1) is 5.41 Å². The third-order valence-electron chi connectivity index (χ3n) is 0.293. The number of hydrogen-bond acceptors (Lipinski definition) is 3. The van der Waals surface area contributed by atoms with Crippen LogP contribution in [0.3, 0.4) is 0 Å². The van der Waals surface area contributed by atoms with Gasteiger partial charge in [-0.25, -0.2) is 0 Å². The molecule has 0 atom stereocenters. The molecule has 0 saturated carbocycles. The monoisotopic (exact) mass is 88.1 g/mol. The number of hydrazine groups is 1. The molecule has 0 fully saturated rings. The molecule has 0 aromatic carbocycles. The van der Waals surface area contributed by atoms with Crippen molar-refractivity contribution in [2.75, 3.05) is 6.54 Å². The summed E-state index contributed by atoms with van der Waals surface area (Å²) in [6.07, 6.45) is 0. The molecule has 0 aliphatic heterocycles.